The van der Waals surface area contributed by atoms with Gasteiger partial charge in [0.2, 0.25) is 5.91 Å². The summed E-state index contributed by atoms with van der Waals surface area (Å²) >= 11 is 0. The Balaban J connectivity index is 2.12. The summed E-state index contributed by atoms with van der Waals surface area (Å²) in [5, 5.41) is 0. The molecular formula is C17H32N2O. The van der Waals surface area contributed by atoms with Crippen LogP contribution in [-0.2, 0) is 4.79 Å². The standard InChI is InChI=1S/C17H32N2O/c1-2-9-15-10-5-8-13-19(15)16(20)17(14-18)11-6-3-4-7-12-17/h15H,2-14,18H2,1H3. The molecule has 20 heavy (non-hydrogen) atoms. The van der Waals surface area contributed by atoms with Crippen molar-refractivity contribution in [2.24, 2.45) is 11.1 Å². The summed E-state index contributed by atoms with van der Waals surface area (Å²) < 4.78 is 0. The Morgan fingerprint density at radius 3 is 2.45 bits per heavy atom. The number of likely N-dealkylation sites (tertiary alicyclic amines) is 1. The lowest BCUT2D eigenvalue weighted by molar-refractivity contribution is -0.146. The molecule has 0 aromatic rings. The van der Waals surface area contributed by atoms with Crippen molar-refractivity contribution in [1.29, 1.82) is 0 Å². The van der Waals surface area contributed by atoms with E-state index in [1.54, 1.807) is 0 Å². The maximum atomic E-state index is 13.2. The Morgan fingerprint density at radius 2 is 1.85 bits per heavy atom. The number of carbonyl (C=O) groups is 1. The highest BCUT2D eigenvalue weighted by molar-refractivity contribution is 5.83. The monoisotopic (exact) mass is 280 g/mol. The summed E-state index contributed by atoms with van der Waals surface area (Å²) in [5.74, 6) is 0.389. The third kappa shape index (κ3) is 3.36. The first-order valence-electron chi connectivity index (χ1n) is 8.74. The van der Waals surface area contributed by atoms with Crippen LogP contribution in [0.2, 0.25) is 0 Å². The van der Waals surface area contributed by atoms with Gasteiger partial charge in [0.05, 0.1) is 5.41 Å². The summed E-state index contributed by atoms with van der Waals surface area (Å²) in [4.78, 5) is 15.4. The van der Waals surface area contributed by atoms with E-state index in [2.05, 4.69) is 11.8 Å². The minimum absolute atomic E-state index is 0.236. The number of carbonyl (C=O) groups excluding carboxylic acids is 1. The molecule has 3 heteroatoms. The van der Waals surface area contributed by atoms with Crippen molar-refractivity contribution in [3.63, 3.8) is 0 Å². The van der Waals surface area contributed by atoms with Crippen LogP contribution < -0.4 is 5.73 Å². The average molecular weight is 280 g/mol. The van der Waals surface area contributed by atoms with Crippen LogP contribution >= 0.6 is 0 Å². The zero-order valence-electron chi connectivity index (χ0n) is 13.2. The Hall–Kier alpha value is -0.570. The molecule has 1 atom stereocenters. The summed E-state index contributed by atoms with van der Waals surface area (Å²) in [6.07, 6.45) is 12.9. The molecule has 2 rings (SSSR count). The molecule has 0 spiro atoms. The molecule has 1 saturated heterocycles. The van der Waals surface area contributed by atoms with E-state index in [1.165, 1.54) is 51.4 Å². The average Bonchev–Trinajstić information content (AvgIpc) is 2.74. The summed E-state index contributed by atoms with van der Waals surface area (Å²) in [6, 6.07) is 0.480. The molecule has 1 aliphatic carbocycles. The third-order valence-electron chi connectivity index (χ3n) is 5.41. The fourth-order valence-corrected chi connectivity index (χ4v) is 4.12. The van der Waals surface area contributed by atoms with Gasteiger partial charge in [0.25, 0.3) is 0 Å². The lowest BCUT2D eigenvalue weighted by Crippen LogP contribution is -2.53. The van der Waals surface area contributed by atoms with Crippen LogP contribution in [-0.4, -0.2) is 29.9 Å². The summed E-state index contributed by atoms with van der Waals surface area (Å²) in [7, 11) is 0. The van der Waals surface area contributed by atoms with Gasteiger partial charge in [-0.25, -0.2) is 0 Å². The van der Waals surface area contributed by atoms with Crippen molar-refractivity contribution >= 4 is 5.91 Å². The van der Waals surface area contributed by atoms with Gasteiger partial charge in [-0.1, -0.05) is 39.0 Å². The van der Waals surface area contributed by atoms with Crippen molar-refractivity contribution in [3.05, 3.63) is 0 Å². The molecule has 0 radical (unpaired) electrons. The number of rotatable bonds is 4. The topological polar surface area (TPSA) is 46.3 Å². The number of hydrogen-bond acceptors (Lipinski definition) is 2. The molecule has 0 aromatic carbocycles. The second-order valence-electron chi connectivity index (χ2n) is 6.84. The van der Waals surface area contributed by atoms with Crippen molar-refractivity contribution in [2.45, 2.75) is 83.6 Å². The Labute approximate surface area is 124 Å². The van der Waals surface area contributed by atoms with Crippen LogP contribution in [0.4, 0.5) is 0 Å². The maximum Gasteiger partial charge on any atom is 0.230 e. The van der Waals surface area contributed by atoms with Crippen LogP contribution in [0.15, 0.2) is 0 Å². The zero-order valence-corrected chi connectivity index (χ0v) is 13.2. The second kappa shape index (κ2) is 7.44. The van der Waals surface area contributed by atoms with Crippen LogP contribution in [0.5, 0.6) is 0 Å². The van der Waals surface area contributed by atoms with Crippen molar-refractivity contribution < 1.29 is 4.79 Å². The van der Waals surface area contributed by atoms with E-state index in [4.69, 9.17) is 5.73 Å². The predicted octanol–water partition coefficient (Wildman–Crippen LogP) is 3.47. The van der Waals surface area contributed by atoms with E-state index in [-0.39, 0.29) is 5.41 Å². The zero-order chi connectivity index (χ0) is 14.4. The normalized spacial score (nSPS) is 27.1. The molecule has 2 aliphatic rings. The van der Waals surface area contributed by atoms with Gasteiger partial charge in [-0.3, -0.25) is 4.79 Å². The van der Waals surface area contributed by atoms with Crippen LogP contribution in [0, 0.1) is 5.41 Å². The van der Waals surface area contributed by atoms with Gasteiger partial charge in [0.1, 0.15) is 0 Å². The smallest absolute Gasteiger partial charge is 0.230 e. The molecule has 0 aromatic heterocycles. The summed E-state index contributed by atoms with van der Waals surface area (Å²) in [5.41, 5.74) is 5.85. The largest absolute Gasteiger partial charge is 0.339 e. The Kier molecular flexibility index (Phi) is 5.88. The number of piperidine rings is 1. The van der Waals surface area contributed by atoms with Gasteiger partial charge in [-0.2, -0.15) is 0 Å². The first kappa shape index (κ1) is 15.8. The minimum atomic E-state index is -0.236. The molecule has 0 bridgehead atoms. The molecule has 1 heterocycles. The molecule has 1 aliphatic heterocycles. The first-order chi connectivity index (χ1) is 9.73. The number of nitrogens with two attached hydrogens (primary N) is 1. The maximum absolute atomic E-state index is 13.2. The molecule has 2 fully saturated rings. The van der Waals surface area contributed by atoms with Gasteiger partial charge in [-0.15, -0.1) is 0 Å². The Bertz CT molecular complexity index is 306. The first-order valence-corrected chi connectivity index (χ1v) is 8.74. The van der Waals surface area contributed by atoms with Crippen molar-refractivity contribution in [3.8, 4) is 0 Å². The van der Waals surface area contributed by atoms with E-state index >= 15 is 0 Å². The Morgan fingerprint density at radius 1 is 1.15 bits per heavy atom. The SMILES string of the molecule is CCCC1CCCCN1C(=O)C1(CN)CCCCCC1. The van der Waals surface area contributed by atoms with E-state index in [9.17, 15) is 4.79 Å². The number of nitrogens with zero attached hydrogens (tertiary/aromatic N) is 1. The van der Waals surface area contributed by atoms with Gasteiger partial charge in [-0.05, 0) is 38.5 Å². The highest BCUT2D eigenvalue weighted by Crippen LogP contribution is 2.38. The molecular weight excluding hydrogens is 248 g/mol. The van der Waals surface area contributed by atoms with E-state index < -0.39 is 0 Å². The fourth-order valence-electron chi connectivity index (χ4n) is 4.12. The molecule has 2 N–H and O–H groups in total. The molecule has 1 amide bonds. The fraction of sp³-hybridized carbons (Fsp3) is 0.941. The predicted molar refractivity (Wildman–Crippen MR) is 83.4 cm³/mol. The van der Waals surface area contributed by atoms with Gasteiger partial charge in [0, 0.05) is 19.1 Å². The molecule has 1 unspecified atom stereocenters. The molecule has 1 saturated carbocycles. The van der Waals surface area contributed by atoms with Crippen LogP contribution in [0.25, 0.3) is 0 Å². The highest BCUT2D eigenvalue weighted by Gasteiger charge is 2.42. The number of amides is 1. The number of hydrogen-bond donors (Lipinski definition) is 1. The van der Waals surface area contributed by atoms with Gasteiger partial charge < -0.3 is 10.6 Å². The summed E-state index contributed by atoms with van der Waals surface area (Å²) in [6.45, 7) is 3.73. The third-order valence-corrected chi connectivity index (χ3v) is 5.41. The van der Waals surface area contributed by atoms with Crippen molar-refractivity contribution in [1.82, 2.24) is 4.90 Å². The van der Waals surface area contributed by atoms with E-state index in [1.807, 2.05) is 0 Å². The molecule has 116 valence electrons. The van der Waals surface area contributed by atoms with Gasteiger partial charge in [0.15, 0.2) is 0 Å². The van der Waals surface area contributed by atoms with Gasteiger partial charge >= 0.3 is 0 Å². The minimum Gasteiger partial charge on any atom is -0.339 e. The lowest BCUT2D eigenvalue weighted by atomic mass is 9.78. The van der Waals surface area contributed by atoms with Crippen LogP contribution in [0.3, 0.4) is 0 Å². The lowest BCUT2D eigenvalue weighted by Gasteiger charge is -2.42. The second-order valence-corrected chi connectivity index (χ2v) is 6.84. The molecule has 3 nitrogen and oxygen atoms in total. The highest BCUT2D eigenvalue weighted by atomic mass is 16.2. The van der Waals surface area contributed by atoms with Crippen molar-refractivity contribution in [2.75, 3.05) is 13.1 Å². The quantitative estimate of drug-likeness (QED) is 0.802. The van der Waals surface area contributed by atoms with E-state index in [0.29, 0.717) is 18.5 Å². The van der Waals surface area contributed by atoms with E-state index in [0.717, 1.165) is 25.8 Å². The van der Waals surface area contributed by atoms with Crippen LogP contribution in [0.1, 0.15) is 77.6 Å².